The van der Waals surface area contributed by atoms with Gasteiger partial charge in [0.2, 0.25) is 11.9 Å². The predicted molar refractivity (Wildman–Crippen MR) is 115 cm³/mol. The number of rotatable bonds is 6. The van der Waals surface area contributed by atoms with Gasteiger partial charge in [0.25, 0.3) is 17.6 Å². The summed E-state index contributed by atoms with van der Waals surface area (Å²) in [7, 11) is 1.57. The number of nitrogens with one attached hydrogen (secondary N) is 2. The smallest absolute Gasteiger partial charge is 0.294 e. The Balaban J connectivity index is 1.87. The van der Waals surface area contributed by atoms with Crippen molar-refractivity contribution in [1.82, 2.24) is 14.9 Å². The minimum atomic E-state index is -1.24. The number of carbonyl (C=O) groups is 4. The van der Waals surface area contributed by atoms with Gasteiger partial charge in [-0.25, -0.2) is 4.98 Å². The summed E-state index contributed by atoms with van der Waals surface area (Å²) < 4.78 is 14.5. The number of ketones is 1. The third-order valence-corrected chi connectivity index (χ3v) is 6.10. The fraction of sp³-hybridized carbons (Fsp3) is 0.409. The van der Waals surface area contributed by atoms with Gasteiger partial charge >= 0.3 is 0 Å². The number of hydrogen-bond acceptors (Lipinski definition) is 5. The molecule has 0 unspecified atom stereocenters. The Morgan fingerprint density at radius 3 is 2.34 bits per heavy atom. The van der Waals surface area contributed by atoms with Crippen molar-refractivity contribution in [2.45, 2.75) is 51.5 Å². The highest BCUT2D eigenvalue weighted by atomic mass is 19.1. The number of amides is 3. The molecular formula is C22H26FN5O4. The predicted octanol–water partition coefficient (Wildman–Crippen LogP) is 1.92. The molecule has 32 heavy (non-hydrogen) atoms. The maximum Gasteiger partial charge on any atom is 0.294 e. The first-order valence-corrected chi connectivity index (χ1v) is 10.3. The van der Waals surface area contributed by atoms with E-state index in [1.54, 1.807) is 20.9 Å². The van der Waals surface area contributed by atoms with E-state index >= 15 is 0 Å². The molecule has 2 heterocycles. The SMILES string of the molecule is Cc1c(C(=O)Nc2ccc(F)nc2)c(C)n(C)c1C(=O)C(=O)NC1(C(N)=O)CCCCC1. The zero-order valence-corrected chi connectivity index (χ0v) is 18.3. The number of nitrogens with zero attached hydrogens (tertiary/aromatic N) is 2. The fourth-order valence-corrected chi connectivity index (χ4v) is 4.25. The molecule has 0 atom stereocenters. The quantitative estimate of drug-likeness (QED) is 0.356. The molecule has 170 valence electrons. The summed E-state index contributed by atoms with van der Waals surface area (Å²) in [5, 5.41) is 5.17. The third-order valence-electron chi connectivity index (χ3n) is 6.10. The van der Waals surface area contributed by atoms with Crippen LogP contribution < -0.4 is 16.4 Å². The fourth-order valence-electron chi connectivity index (χ4n) is 4.25. The number of halogens is 1. The second-order valence-corrected chi connectivity index (χ2v) is 8.11. The van der Waals surface area contributed by atoms with Crippen LogP contribution in [0.2, 0.25) is 0 Å². The Kier molecular flexibility index (Phi) is 6.42. The minimum absolute atomic E-state index is 0.0396. The summed E-state index contributed by atoms with van der Waals surface area (Å²) in [6, 6.07) is 2.47. The Morgan fingerprint density at radius 2 is 1.78 bits per heavy atom. The summed E-state index contributed by atoms with van der Waals surface area (Å²) >= 11 is 0. The molecule has 1 saturated carbocycles. The molecule has 0 aliphatic heterocycles. The Morgan fingerprint density at radius 1 is 1.12 bits per heavy atom. The number of aromatic nitrogens is 2. The molecule has 0 radical (unpaired) electrons. The van der Waals surface area contributed by atoms with E-state index in [0.29, 0.717) is 24.1 Å². The molecule has 1 fully saturated rings. The first-order valence-electron chi connectivity index (χ1n) is 10.3. The van der Waals surface area contributed by atoms with E-state index in [0.717, 1.165) is 25.3 Å². The number of carbonyl (C=O) groups excluding carboxylic acids is 4. The van der Waals surface area contributed by atoms with Gasteiger partial charge in [-0.15, -0.1) is 0 Å². The van der Waals surface area contributed by atoms with Crippen LogP contribution in [-0.2, 0) is 16.6 Å². The summed E-state index contributed by atoms with van der Waals surface area (Å²) in [6.45, 7) is 3.21. The highest BCUT2D eigenvalue weighted by Gasteiger charge is 2.41. The van der Waals surface area contributed by atoms with Crippen molar-refractivity contribution in [3.8, 4) is 0 Å². The van der Waals surface area contributed by atoms with Gasteiger partial charge in [0.15, 0.2) is 0 Å². The van der Waals surface area contributed by atoms with Gasteiger partial charge in [-0.05, 0) is 44.4 Å². The maximum absolute atomic E-state index is 13.0. The molecule has 0 spiro atoms. The van der Waals surface area contributed by atoms with Crippen molar-refractivity contribution >= 4 is 29.2 Å². The van der Waals surface area contributed by atoms with Crippen LogP contribution in [0.5, 0.6) is 0 Å². The molecule has 1 aliphatic carbocycles. The lowest BCUT2D eigenvalue weighted by molar-refractivity contribution is -0.131. The zero-order chi connectivity index (χ0) is 23.6. The zero-order valence-electron chi connectivity index (χ0n) is 18.3. The van der Waals surface area contributed by atoms with Gasteiger partial charge in [0.05, 0.1) is 23.1 Å². The molecule has 4 N–H and O–H groups in total. The number of primary amides is 1. The first kappa shape index (κ1) is 23.1. The normalized spacial score (nSPS) is 15.1. The standard InChI is InChI=1S/C22H26FN5O4/c1-12-16(19(30)26-14-7-8-15(23)25-11-14)13(2)28(3)17(12)18(29)20(31)27-22(21(24)32)9-5-4-6-10-22/h7-8,11H,4-6,9-10H2,1-3H3,(H2,24,32)(H,26,30)(H,27,31). The Labute approximate surface area is 184 Å². The van der Waals surface area contributed by atoms with Crippen molar-refractivity contribution in [2.24, 2.45) is 12.8 Å². The largest absolute Gasteiger partial charge is 0.368 e. The molecule has 2 aromatic rings. The molecule has 10 heteroatoms. The number of anilines is 1. The van der Waals surface area contributed by atoms with Gasteiger partial charge in [-0.1, -0.05) is 19.3 Å². The molecule has 1 aliphatic rings. The van der Waals surface area contributed by atoms with Gasteiger partial charge in [-0.3, -0.25) is 19.2 Å². The number of pyridine rings is 1. The molecule has 9 nitrogen and oxygen atoms in total. The highest BCUT2D eigenvalue weighted by Crippen LogP contribution is 2.29. The summed E-state index contributed by atoms with van der Waals surface area (Å²) in [5.41, 5.74) is 5.63. The van der Waals surface area contributed by atoms with Crippen molar-refractivity contribution in [3.63, 3.8) is 0 Å². The van der Waals surface area contributed by atoms with Gasteiger partial charge in [-0.2, -0.15) is 4.39 Å². The van der Waals surface area contributed by atoms with Crippen molar-refractivity contribution < 1.29 is 23.6 Å². The first-order chi connectivity index (χ1) is 15.1. The molecule has 0 bridgehead atoms. The summed E-state index contributed by atoms with van der Waals surface area (Å²) in [6.07, 6.45) is 4.31. The number of nitrogens with two attached hydrogens (primary N) is 1. The van der Waals surface area contributed by atoms with Crippen LogP contribution in [0.15, 0.2) is 18.3 Å². The monoisotopic (exact) mass is 443 g/mol. The van der Waals surface area contributed by atoms with E-state index in [4.69, 9.17) is 5.73 Å². The van der Waals surface area contributed by atoms with Crippen LogP contribution in [-0.4, -0.2) is 38.6 Å². The Bertz CT molecular complexity index is 1080. The molecular weight excluding hydrogens is 417 g/mol. The molecule has 3 amide bonds. The van der Waals surface area contributed by atoms with Gasteiger partial charge in [0, 0.05) is 12.7 Å². The van der Waals surface area contributed by atoms with Crippen LogP contribution in [0.1, 0.15) is 64.2 Å². The summed E-state index contributed by atoms with van der Waals surface area (Å²) in [5.74, 6) is -3.66. The van der Waals surface area contributed by atoms with E-state index in [2.05, 4.69) is 15.6 Å². The maximum atomic E-state index is 13.0. The van der Waals surface area contributed by atoms with Crippen LogP contribution in [0.4, 0.5) is 10.1 Å². The van der Waals surface area contributed by atoms with E-state index in [9.17, 15) is 23.6 Å². The van der Waals surface area contributed by atoms with Crippen molar-refractivity contribution in [2.75, 3.05) is 5.32 Å². The number of Topliss-reactive ketones (excluding diaryl/α,β-unsaturated/α-hetero) is 1. The lowest BCUT2D eigenvalue weighted by atomic mass is 9.81. The number of hydrogen-bond donors (Lipinski definition) is 3. The van der Waals surface area contributed by atoms with E-state index in [1.165, 1.54) is 16.8 Å². The van der Waals surface area contributed by atoms with Crippen molar-refractivity contribution in [3.05, 3.63) is 46.8 Å². The van der Waals surface area contributed by atoms with Crippen LogP contribution >= 0.6 is 0 Å². The second-order valence-electron chi connectivity index (χ2n) is 8.11. The second kappa shape index (κ2) is 8.89. The average Bonchev–Trinajstić information content (AvgIpc) is 2.98. The summed E-state index contributed by atoms with van der Waals surface area (Å²) in [4.78, 5) is 54.2. The van der Waals surface area contributed by atoms with Crippen LogP contribution in [0.3, 0.4) is 0 Å². The third kappa shape index (κ3) is 4.25. The minimum Gasteiger partial charge on any atom is -0.368 e. The van der Waals surface area contributed by atoms with E-state index in [1.807, 2.05) is 0 Å². The lowest BCUT2D eigenvalue weighted by Crippen LogP contribution is -2.59. The van der Waals surface area contributed by atoms with Gasteiger partial charge in [0.1, 0.15) is 5.54 Å². The van der Waals surface area contributed by atoms with E-state index in [-0.39, 0.29) is 16.9 Å². The van der Waals surface area contributed by atoms with Crippen LogP contribution in [0.25, 0.3) is 0 Å². The average molecular weight is 443 g/mol. The topological polar surface area (TPSA) is 136 Å². The van der Waals surface area contributed by atoms with E-state index < -0.39 is 35.0 Å². The van der Waals surface area contributed by atoms with Gasteiger partial charge < -0.3 is 20.9 Å². The van der Waals surface area contributed by atoms with Crippen molar-refractivity contribution in [1.29, 1.82) is 0 Å². The highest BCUT2D eigenvalue weighted by molar-refractivity contribution is 6.43. The Hall–Kier alpha value is -3.56. The molecule has 3 rings (SSSR count). The lowest BCUT2D eigenvalue weighted by Gasteiger charge is -2.34. The molecule has 0 saturated heterocycles. The molecule has 2 aromatic heterocycles. The van der Waals surface area contributed by atoms with Crippen LogP contribution in [0, 0.1) is 19.8 Å². The molecule has 0 aromatic carbocycles.